The van der Waals surface area contributed by atoms with Crippen molar-refractivity contribution in [3.63, 3.8) is 0 Å². The molecule has 0 aromatic carbocycles. The molecule has 5 heteroatoms. The van der Waals surface area contributed by atoms with E-state index in [2.05, 4.69) is 25.8 Å². The van der Waals surface area contributed by atoms with Crippen LogP contribution in [0.4, 0.5) is 5.69 Å². The van der Waals surface area contributed by atoms with Crippen LogP contribution in [0.15, 0.2) is 17.3 Å². The molecule has 0 fully saturated rings. The van der Waals surface area contributed by atoms with E-state index in [1.165, 1.54) is 6.20 Å². The highest BCUT2D eigenvalue weighted by atomic mass is 32.2. The SMILES string of the molecule is Cc1cc([N+](=O)[O-])cnc1SC(C)C(C)C. The van der Waals surface area contributed by atoms with Gasteiger partial charge in [0.25, 0.3) is 5.69 Å². The van der Waals surface area contributed by atoms with Crippen LogP contribution < -0.4 is 0 Å². The highest BCUT2D eigenvalue weighted by Crippen LogP contribution is 2.29. The normalized spacial score (nSPS) is 12.8. The maximum absolute atomic E-state index is 10.6. The first-order chi connectivity index (χ1) is 7.41. The van der Waals surface area contributed by atoms with Gasteiger partial charge >= 0.3 is 0 Å². The van der Waals surface area contributed by atoms with Gasteiger partial charge in [0.1, 0.15) is 6.20 Å². The summed E-state index contributed by atoms with van der Waals surface area (Å²) < 4.78 is 0. The molecule has 16 heavy (non-hydrogen) atoms. The Kier molecular flexibility index (Phi) is 4.29. The Bertz CT molecular complexity index is 394. The van der Waals surface area contributed by atoms with E-state index >= 15 is 0 Å². The average Bonchev–Trinajstić information content (AvgIpc) is 2.20. The second-order valence-corrected chi connectivity index (χ2v) is 5.51. The molecule has 1 rings (SSSR count). The summed E-state index contributed by atoms with van der Waals surface area (Å²) in [5, 5.41) is 11.9. The first-order valence-electron chi connectivity index (χ1n) is 5.19. The van der Waals surface area contributed by atoms with Crippen molar-refractivity contribution in [2.75, 3.05) is 0 Å². The zero-order valence-corrected chi connectivity index (χ0v) is 10.7. The molecule has 1 heterocycles. The second-order valence-electron chi connectivity index (χ2n) is 4.14. The predicted molar refractivity (Wildman–Crippen MR) is 65.8 cm³/mol. The van der Waals surface area contributed by atoms with E-state index < -0.39 is 4.92 Å². The Labute approximate surface area is 99.6 Å². The van der Waals surface area contributed by atoms with E-state index in [9.17, 15) is 10.1 Å². The van der Waals surface area contributed by atoms with Crippen LogP contribution in [0.25, 0.3) is 0 Å². The molecular weight excluding hydrogens is 224 g/mol. The minimum Gasteiger partial charge on any atom is -0.258 e. The van der Waals surface area contributed by atoms with E-state index in [1.807, 2.05) is 6.92 Å². The quantitative estimate of drug-likeness (QED) is 0.459. The standard InChI is InChI=1S/C11H16N2O2S/c1-7(2)9(4)16-11-8(3)5-10(6-12-11)13(14)15/h5-7,9H,1-4H3. The number of nitro groups is 1. The fourth-order valence-corrected chi connectivity index (χ4v) is 2.07. The smallest absolute Gasteiger partial charge is 0.258 e. The summed E-state index contributed by atoms with van der Waals surface area (Å²) in [5.41, 5.74) is 0.922. The van der Waals surface area contributed by atoms with Gasteiger partial charge in [-0.15, -0.1) is 11.8 Å². The minimum absolute atomic E-state index is 0.0547. The zero-order valence-electron chi connectivity index (χ0n) is 9.93. The van der Waals surface area contributed by atoms with Gasteiger partial charge < -0.3 is 0 Å². The lowest BCUT2D eigenvalue weighted by molar-refractivity contribution is -0.385. The molecule has 1 atom stereocenters. The molecule has 0 bridgehead atoms. The molecule has 1 aromatic rings. The largest absolute Gasteiger partial charge is 0.287 e. The van der Waals surface area contributed by atoms with Crippen molar-refractivity contribution in [1.82, 2.24) is 4.98 Å². The molecule has 4 nitrogen and oxygen atoms in total. The molecule has 0 radical (unpaired) electrons. The first-order valence-corrected chi connectivity index (χ1v) is 6.07. The van der Waals surface area contributed by atoms with Crippen LogP contribution in [0.5, 0.6) is 0 Å². The van der Waals surface area contributed by atoms with E-state index in [-0.39, 0.29) is 5.69 Å². The number of nitrogens with zero attached hydrogens (tertiary/aromatic N) is 2. The van der Waals surface area contributed by atoms with Crippen molar-refractivity contribution in [1.29, 1.82) is 0 Å². The fraction of sp³-hybridized carbons (Fsp3) is 0.545. The summed E-state index contributed by atoms with van der Waals surface area (Å²) in [6, 6.07) is 1.57. The highest BCUT2D eigenvalue weighted by Gasteiger charge is 2.14. The van der Waals surface area contributed by atoms with Gasteiger partial charge in [-0.3, -0.25) is 10.1 Å². The summed E-state index contributed by atoms with van der Waals surface area (Å²) in [6.07, 6.45) is 1.32. The van der Waals surface area contributed by atoms with E-state index in [0.717, 1.165) is 10.6 Å². The molecule has 0 spiro atoms. The summed E-state index contributed by atoms with van der Waals surface area (Å²) in [4.78, 5) is 14.3. The van der Waals surface area contributed by atoms with Crippen LogP contribution in [0, 0.1) is 23.0 Å². The number of hydrogen-bond acceptors (Lipinski definition) is 4. The Morgan fingerprint density at radius 1 is 1.44 bits per heavy atom. The molecule has 0 saturated carbocycles. The van der Waals surface area contributed by atoms with Crippen molar-refractivity contribution in [2.45, 2.75) is 38.0 Å². The third kappa shape index (κ3) is 3.20. The maximum Gasteiger partial charge on any atom is 0.287 e. The third-order valence-electron chi connectivity index (χ3n) is 2.46. The van der Waals surface area contributed by atoms with E-state index in [4.69, 9.17) is 0 Å². The monoisotopic (exact) mass is 240 g/mol. The summed E-state index contributed by atoms with van der Waals surface area (Å²) in [5.74, 6) is 0.557. The van der Waals surface area contributed by atoms with Gasteiger partial charge in [-0.2, -0.15) is 0 Å². The number of pyridine rings is 1. The van der Waals surface area contributed by atoms with Crippen molar-refractivity contribution >= 4 is 17.4 Å². The van der Waals surface area contributed by atoms with Crippen LogP contribution in [-0.4, -0.2) is 15.2 Å². The van der Waals surface area contributed by atoms with Crippen LogP contribution in [-0.2, 0) is 0 Å². The maximum atomic E-state index is 10.6. The average molecular weight is 240 g/mol. The number of hydrogen-bond donors (Lipinski definition) is 0. The predicted octanol–water partition coefficient (Wildman–Crippen LogP) is 3.43. The van der Waals surface area contributed by atoms with Gasteiger partial charge in [0.2, 0.25) is 0 Å². The van der Waals surface area contributed by atoms with Crippen LogP contribution >= 0.6 is 11.8 Å². The molecule has 1 aromatic heterocycles. The minimum atomic E-state index is -0.416. The van der Waals surface area contributed by atoms with Crippen LogP contribution in [0.1, 0.15) is 26.3 Å². The molecule has 0 N–H and O–H groups in total. The lowest BCUT2D eigenvalue weighted by atomic mass is 10.2. The Morgan fingerprint density at radius 3 is 2.50 bits per heavy atom. The van der Waals surface area contributed by atoms with Gasteiger partial charge in [0, 0.05) is 11.3 Å². The molecule has 0 amide bonds. The fourth-order valence-electron chi connectivity index (χ4n) is 1.08. The summed E-state index contributed by atoms with van der Waals surface area (Å²) in [7, 11) is 0. The van der Waals surface area contributed by atoms with E-state index in [1.54, 1.807) is 17.8 Å². The van der Waals surface area contributed by atoms with E-state index in [0.29, 0.717) is 11.2 Å². The van der Waals surface area contributed by atoms with Gasteiger partial charge in [-0.25, -0.2) is 4.98 Å². The molecule has 0 aliphatic carbocycles. The molecule has 0 saturated heterocycles. The number of rotatable bonds is 4. The van der Waals surface area contributed by atoms with Crippen molar-refractivity contribution < 1.29 is 4.92 Å². The second kappa shape index (κ2) is 5.30. The Hall–Kier alpha value is -1.10. The molecule has 88 valence electrons. The number of aryl methyl sites for hydroxylation is 1. The first kappa shape index (κ1) is 13.0. The summed E-state index contributed by atoms with van der Waals surface area (Å²) >= 11 is 1.66. The molecule has 0 aliphatic heterocycles. The number of aromatic nitrogens is 1. The van der Waals surface area contributed by atoms with Gasteiger partial charge in [0.05, 0.1) is 9.95 Å². The highest BCUT2D eigenvalue weighted by molar-refractivity contribution is 7.99. The van der Waals surface area contributed by atoms with Gasteiger partial charge in [0.15, 0.2) is 0 Å². The van der Waals surface area contributed by atoms with Gasteiger partial charge in [-0.1, -0.05) is 20.8 Å². The third-order valence-corrected chi connectivity index (χ3v) is 4.03. The van der Waals surface area contributed by atoms with Gasteiger partial charge in [-0.05, 0) is 18.4 Å². The Morgan fingerprint density at radius 2 is 2.06 bits per heavy atom. The molecular formula is C11H16N2O2S. The zero-order chi connectivity index (χ0) is 12.3. The van der Waals surface area contributed by atoms with Crippen LogP contribution in [0.3, 0.4) is 0 Å². The van der Waals surface area contributed by atoms with Crippen molar-refractivity contribution in [3.05, 3.63) is 27.9 Å². The Balaban J connectivity index is 2.87. The molecule has 0 aliphatic rings. The number of thioether (sulfide) groups is 1. The van der Waals surface area contributed by atoms with Crippen molar-refractivity contribution in [2.24, 2.45) is 5.92 Å². The van der Waals surface area contributed by atoms with Crippen LogP contribution in [0.2, 0.25) is 0 Å². The topological polar surface area (TPSA) is 56.0 Å². The summed E-state index contributed by atoms with van der Waals surface area (Å²) in [6.45, 7) is 8.30. The lowest BCUT2D eigenvalue weighted by Crippen LogP contribution is -2.06. The molecule has 1 unspecified atom stereocenters. The van der Waals surface area contributed by atoms with Crippen molar-refractivity contribution in [3.8, 4) is 0 Å². The lowest BCUT2D eigenvalue weighted by Gasteiger charge is -2.15.